The number of piperidine rings is 3. The van der Waals surface area contributed by atoms with E-state index in [0.29, 0.717) is 5.41 Å². The summed E-state index contributed by atoms with van der Waals surface area (Å²) in [5.74, 6) is 2.96. The largest absolute Gasteiger partial charge is 0.314 e. The van der Waals surface area contributed by atoms with E-state index in [1.807, 2.05) is 0 Å². The Hall–Kier alpha value is -0.120. The van der Waals surface area contributed by atoms with Crippen LogP contribution in [0.3, 0.4) is 0 Å². The number of hydrogen-bond donors (Lipinski definition) is 3. The Balaban J connectivity index is 1.50. The Morgan fingerprint density at radius 3 is 2.48 bits per heavy atom. The molecule has 3 nitrogen and oxygen atoms in total. The van der Waals surface area contributed by atoms with Crippen LogP contribution in [-0.2, 0) is 0 Å². The van der Waals surface area contributed by atoms with Crippen molar-refractivity contribution in [3.05, 3.63) is 0 Å². The van der Waals surface area contributed by atoms with Crippen molar-refractivity contribution in [2.24, 2.45) is 23.2 Å². The first-order valence-corrected chi connectivity index (χ1v) is 10.6. The van der Waals surface area contributed by atoms with Gasteiger partial charge in [0.15, 0.2) is 0 Å². The molecule has 7 atom stereocenters. The summed E-state index contributed by atoms with van der Waals surface area (Å²) in [6.07, 6.45) is 14.6. The van der Waals surface area contributed by atoms with Gasteiger partial charge < -0.3 is 16.0 Å². The SMILES string of the molecule is C1CCC(C23CC(CC4CCCNC42)C2CCCNC2C3)NC1. The summed E-state index contributed by atoms with van der Waals surface area (Å²) >= 11 is 0. The predicted molar refractivity (Wildman–Crippen MR) is 94.4 cm³/mol. The monoisotopic (exact) mass is 317 g/mol. The highest BCUT2D eigenvalue weighted by molar-refractivity contribution is 5.14. The van der Waals surface area contributed by atoms with Gasteiger partial charge in [-0.15, -0.1) is 0 Å². The molecule has 5 rings (SSSR count). The summed E-state index contributed by atoms with van der Waals surface area (Å²) in [6.45, 7) is 3.79. The maximum absolute atomic E-state index is 4.04. The Bertz CT molecular complexity index is 431. The minimum atomic E-state index is 0.542. The van der Waals surface area contributed by atoms with E-state index in [2.05, 4.69) is 16.0 Å². The number of rotatable bonds is 1. The van der Waals surface area contributed by atoms with E-state index in [4.69, 9.17) is 0 Å². The zero-order valence-corrected chi connectivity index (χ0v) is 14.7. The van der Waals surface area contributed by atoms with Crippen LogP contribution in [0.15, 0.2) is 0 Å². The minimum absolute atomic E-state index is 0.542. The van der Waals surface area contributed by atoms with Gasteiger partial charge >= 0.3 is 0 Å². The fourth-order valence-corrected chi connectivity index (χ4v) is 7.52. The van der Waals surface area contributed by atoms with Crippen molar-refractivity contribution in [2.75, 3.05) is 19.6 Å². The zero-order chi connectivity index (χ0) is 15.3. The highest BCUT2D eigenvalue weighted by Gasteiger charge is 2.59. The first-order valence-electron chi connectivity index (χ1n) is 10.6. The van der Waals surface area contributed by atoms with Crippen LogP contribution < -0.4 is 16.0 Å². The fourth-order valence-electron chi connectivity index (χ4n) is 7.52. The third-order valence-electron chi connectivity index (χ3n) is 8.30. The van der Waals surface area contributed by atoms with Crippen LogP contribution in [0.4, 0.5) is 0 Å². The predicted octanol–water partition coefficient (Wildman–Crippen LogP) is 2.67. The Morgan fingerprint density at radius 1 is 0.696 bits per heavy atom. The highest BCUT2D eigenvalue weighted by atomic mass is 15.0. The molecule has 5 aliphatic rings. The smallest absolute Gasteiger partial charge is 0.0167 e. The molecule has 130 valence electrons. The van der Waals surface area contributed by atoms with Crippen molar-refractivity contribution in [2.45, 2.75) is 82.3 Å². The third kappa shape index (κ3) is 2.41. The molecule has 5 fully saturated rings. The Labute approximate surface area is 141 Å². The topological polar surface area (TPSA) is 36.1 Å². The van der Waals surface area contributed by atoms with Crippen LogP contribution >= 0.6 is 0 Å². The quantitative estimate of drug-likeness (QED) is 0.696. The van der Waals surface area contributed by atoms with E-state index >= 15 is 0 Å². The molecule has 0 aromatic heterocycles. The zero-order valence-electron chi connectivity index (χ0n) is 14.7. The van der Waals surface area contributed by atoms with Gasteiger partial charge in [-0.05, 0) is 95.2 Å². The van der Waals surface area contributed by atoms with Crippen molar-refractivity contribution in [3.63, 3.8) is 0 Å². The fraction of sp³-hybridized carbons (Fsp3) is 1.00. The summed E-state index contributed by atoms with van der Waals surface area (Å²) in [6, 6.07) is 2.39. The van der Waals surface area contributed by atoms with Crippen LogP contribution in [0, 0.1) is 23.2 Å². The lowest BCUT2D eigenvalue weighted by Crippen LogP contribution is -2.70. The molecule has 0 amide bonds. The average molecular weight is 318 g/mol. The first kappa shape index (κ1) is 15.2. The van der Waals surface area contributed by atoms with Crippen molar-refractivity contribution in [1.29, 1.82) is 0 Å². The summed E-state index contributed by atoms with van der Waals surface area (Å²) in [5.41, 5.74) is 0.542. The van der Waals surface area contributed by atoms with Gasteiger partial charge in [0.2, 0.25) is 0 Å². The van der Waals surface area contributed by atoms with E-state index in [9.17, 15) is 0 Å². The van der Waals surface area contributed by atoms with Crippen LogP contribution in [-0.4, -0.2) is 37.8 Å². The van der Waals surface area contributed by atoms with E-state index in [0.717, 1.165) is 35.9 Å². The van der Waals surface area contributed by atoms with E-state index < -0.39 is 0 Å². The molecule has 0 aromatic carbocycles. The second kappa shape index (κ2) is 6.00. The van der Waals surface area contributed by atoms with Gasteiger partial charge in [0.05, 0.1) is 0 Å². The lowest BCUT2D eigenvalue weighted by Gasteiger charge is -2.63. The summed E-state index contributed by atoms with van der Waals surface area (Å²) in [5, 5.41) is 12.0. The lowest BCUT2D eigenvalue weighted by atomic mass is 9.47. The molecule has 0 spiro atoms. The van der Waals surface area contributed by atoms with E-state index in [-0.39, 0.29) is 0 Å². The van der Waals surface area contributed by atoms with Gasteiger partial charge in [0.1, 0.15) is 0 Å². The Morgan fingerprint density at radius 2 is 1.57 bits per heavy atom. The molecule has 3 aliphatic heterocycles. The first-order chi connectivity index (χ1) is 11.4. The van der Waals surface area contributed by atoms with Gasteiger partial charge in [0, 0.05) is 23.5 Å². The van der Waals surface area contributed by atoms with E-state index in [1.54, 1.807) is 0 Å². The molecule has 0 radical (unpaired) electrons. The molecule has 3 heteroatoms. The molecule has 3 N–H and O–H groups in total. The van der Waals surface area contributed by atoms with Crippen LogP contribution in [0.2, 0.25) is 0 Å². The number of fused-ring (bicyclic) bond motifs is 6. The standard InChI is InChI=1S/C20H35N3/c1-2-8-22-18(7-1)20-12-15(11-14-5-3-10-23-19(14)20)16-6-4-9-21-17(16)13-20/h14-19,21-23H,1-13H2. The molecule has 0 aromatic rings. The van der Waals surface area contributed by atoms with Crippen LogP contribution in [0.25, 0.3) is 0 Å². The van der Waals surface area contributed by atoms with Crippen molar-refractivity contribution in [1.82, 2.24) is 16.0 Å². The second-order valence-corrected chi connectivity index (χ2v) is 9.34. The highest BCUT2D eigenvalue weighted by Crippen LogP contribution is 2.58. The van der Waals surface area contributed by atoms with Gasteiger partial charge in [-0.25, -0.2) is 0 Å². The molecule has 23 heavy (non-hydrogen) atoms. The van der Waals surface area contributed by atoms with Crippen molar-refractivity contribution < 1.29 is 0 Å². The van der Waals surface area contributed by atoms with Gasteiger partial charge in [-0.3, -0.25) is 0 Å². The summed E-state index contributed by atoms with van der Waals surface area (Å²) in [4.78, 5) is 0. The van der Waals surface area contributed by atoms with Gasteiger partial charge in [0.25, 0.3) is 0 Å². The minimum Gasteiger partial charge on any atom is -0.314 e. The molecule has 3 saturated heterocycles. The number of nitrogens with one attached hydrogen (secondary N) is 3. The molecule has 2 saturated carbocycles. The molecule has 2 bridgehead atoms. The van der Waals surface area contributed by atoms with E-state index in [1.165, 1.54) is 83.8 Å². The van der Waals surface area contributed by atoms with Crippen molar-refractivity contribution >= 4 is 0 Å². The third-order valence-corrected chi connectivity index (χ3v) is 8.30. The number of hydrogen-bond acceptors (Lipinski definition) is 3. The Kier molecular flexibility index (Phi) is 3.95. The summed E-state index contributed by atoms with van der Waals surface area (Å²) in [7, 11) is 0. The van der Waals surface area contributed by atoms with Gasteiger partial charge in [-0.2, -0.15) is 0 Å². The molecular weight excluding hydrogens is 282 g/mol. The maximum atomic E-state index is 4.04. The summed E-state index contributed by atoms with van der Waals surface area (Å²) < 4.78 is 0. The molecule has 7 unspecified atom stereocenters. The second-order valence-electron chi connectivity index (χ2n) is 9.34. The lowest BCUT2D eigenvalue weighted by molar-refractivity contribution is -0.0911. The molecule has 3 heterocycles. The van der Waals surface area contributed by atoms with Gasteiger partial charge in [-0.1, -0.05) is 6.42 Å². The average Bonchev–Trinajstić information content (AvgIpc) is 2.63. The normalized spacial score (nSPS) is 53.2. The van der Waals surface area contributed by atoms with Crippen molar-refractivity contribution in [3.8, 4) is 0 Å². The maximum Gasteiger partial charge on any atom is 0.0167 e. The molecular formula is C20H35N3. The van der Waals surface area contributed by atoms with Crippen LogP contribution in [0.5, 0.6) is 0 Å². The molecule has 2 aliphatic carbocycles. The van der Waals surface area contributed by atoms with Crippen LogP contribution in [0.1, 0.15) is 64.2 Å².